The van der Waals surface area contributed by atoms with Crippen LogP contribution in [0.15, 0.2) is 210 Å². The average Bonchev–Trinajstić information content (AvgIpc) is 4.07. The minimum absolute atomic E-state index is 0.154. The van der Waals surface area contributed by atoms with E-state index in [0.717, 1.165) is 16.2 Å². The molecule has 0 amide bonds. The first-order chi connectivity index (χ1) is 38.3. The van der Waals surface area contributed by atoms with Gasteiger partial charge in [0.1, 0.15) is 11.2 Å². The molecule has 266 valence electrons. The van der Waals surface area contributed by atoms with E-state index in [1.807, 2.05) is 30.3 Å². The van der Waals surface area contributed by atoms with Crippen LogP contribution in [0.5, 0.6) is 0 Å². The van der Waals surface area contributed by atoms with Crippen molar-refractivity contribution < 1.29 is 37.3 Å². The highest BCUT2D eigenvalue weighted by Gasteiger charge is 2.18. The molecule has 0 fully saturated rings. The van der Waals surface area contributed by atoms with Crippen LogP contribution in [0.25, 0.3) is 110 Å². The third kappa shape index (κ3) is 4.92. The summed E-state index contributed by atoms with van der Waals surface area (Å²) < 4.78 is 227. The van der Waals surface area contributed by atoms with Gasteiger partial charge in [-0.3, -0.25) is 0 Å². The summed E-state index contributed by atoms with van der Waals surface area (Å²) in [6.45, 7) is 0. The Morgan fingerprint density at radius 3 is 1.88 bits per heavy atom. The molecule has 12 aromatic rings. The second-order valence-corrected chi connectivity index (χ2v) is 13.0. The summed E-state index contributed by atoms with van der Waals surface area (Å²) in [5.74, 6) is 0. The highest BCUT2D eigenvalue weighted by molar-refractivity contribution is 6.14. The molecule has 0 radical (unpaired) electrons. The minimum Gasteiger partial charge on any atom is -0.455 e. The Morgan fingerprint density at radius 2 is 1.04 bits per heavy atom. The molecule has 0 bridgehead atoms. The first kappa shape index (κ1) is 16.2. The van der Waals surface area contributed by atoms with Crippen LogP contribution in [-0.2, 0) is 0 Å². The first-order valence-corrected chi connectivity index (χ1v) is 17.6. The lowest BCUT2D eigenvalue weighted by molar-refractivity contribution is 0.669. The maximum atomic E-state index is 10.0. The van der Waals surface area contributed by atoms with Crippen molar-refractivity contribution in [2.45, 2.75) is 0 Å². The standard InChI is InChI=1S/C54H34N2O/c1-3-13-35(14-4-1)37-17-11-18-40(31-37)56-49-23-9-7-19-43(49)45-28-25-39(33-52(45)56)38-26-30-51-48(32-38)44-20-8-10-24-50(44)55(51)41-27-29-46-47-22-12-21-42(36-15-5-2-6-16-36)54(47)57-53(46)34-41/h1-34H/i2D,5D,6D,7D,8D,9D,10D,12D,15D,16D,19D,20D,21D,22D,23D,24D,25D,26D,28D,29D,30D,32D,33D,34D. The third-order valence-corrected chi connectivity index (χ3v) is 9.87. The molecule has 0 saturated carbocycles. The maximum absolute atomic E-state index is 10.0. The van der Waals surface area contributed by atoms with E-state index in [1.54, 1.807) is 24.3 Å². The van der Waals surface area contributed by atoms with Crippen molar-refractivity contribution >= 4 is 65.6 Å². The van der Waals surface area contributed by atoms with E-state index in [4.69, 9.17) is 22.2 Å². The fraction of sp³-hybridized carbons (Fsp3) is 0. The van der Waals surface area contributed by atoms with Gasteiger partial charge in [-0.25, -0.2) is 0 Å². The zero-order valence-corrected chi connectivity index (χ0v) is 29.1. The fourth-order valence-electron chi connectivity index (χ4n) is 7.36. The molecule has 3 nitrogen and oxygen atoms in total. The molecule has 0 atom stereocenters. The Labute approximate surface area is 362 Å². The molecule has 0 spiro atoms. The van der Waals surface area contributed by atoms with E-state index in [1.165, 1.54) is 4.57 Å². The molecule has 3 heterocycles. The molecule has 0 N–H and O–H groups in total. The molecule has 12 rings (SSSR count). The van der Waals surface area contributed by atoms with Crippen molar-refractivity contribution in [3.05, 3.63) is 206 Å². The molecule has 0 aliphatic rings. The Morgan fingerprint density at radius 1 is 0.368 bits per heavy atom. The van der Waals surface area contributed by atoms with E-state index in [-0.39, 0.29) is 38.3 Å². The van der Waals surface area contributed by atoms with Gasteiger partial charge in [0.05, 0.1) is 55.0 Å². The number of para-hydroxylation sites is 3. The lowest BCUT2D eigenvalue weighted by Crippen LogP contribution is -1.94. The molecule has 0 aliphatic heterocycles. The Bertz CT molecular complexity index is 4900. The Balaban J connectivity index is 1.21. The molecular weight excluding hydrogens is 693 g/mol. The SMILES string of the molecule is [2H]c1c([2H])c([2H])c(-c2c([2H])c([2H])c([2H])c3c2oc2c([2H])c(-n4c5c([2H])c([2H])c([2H])c([2H])c5c5c([2H])c(-c6c([2H])c([2H])c7c8c([2H])c([2H])c([2H])c([2H])c8n(-c8cccc(-c9ccccc9)c8)c7c6[2H])c([2H])c([2H])c54)cc([2H])c23)c([2H])c1[2H]. The first-order valence-electron chi connectivity index (χ1n) is 29.6. The lowest BCUT2D eigenvalue weighted by atomic mass is 10.0. The number of rotatable bonds is 5. The van der Waals surface area contributed by atoms with Crippen molar-refractivity contribution in [3.63, 3.8) is 0 Å². The van der Waals surface area contributed by atoms with Crippen LogP contribution < -0.4 is 0 Å². The van der Waals surface area contributed by atoms with Crippen molar-refractivity contribution in [2.24, 2.45) is 0 Å². The smallest absolute Gasteiger partial charge is 0.143 e. The number of aromatic nitrogens is 2. The molecule has 57 heavy (non-hydrogen) atoms. The van der Waals surface area contributed by atoms with Crippen LogP contribution in [0.1, 0.15) is 32.9 Å². The van der Waals surface area contributed by atoms with Crippen molar-refractivity contribution in [1.29, 1.82) is 0 Å². The topological polar surface area (TPSA) is 23.0 Å². The van der Waals surface area contributed by atoms with Crippen LogP contribution in [0.4, 0.5) is 0 Å². The Hall–Kier alpha value is -7.62. The summed E-state index contributed by atoms with van der Waals surface area (Å²) >= 11 is 0. The van der Waals surface area contributed by atoms with Gasteiger partial charge in [0.2, 0.25) is 0 Å². The summed E-state index contributed by atoms with van der Waals surface area (Å²) in [6.07, 6.45) is 0. The number of hydrogen-bond acceptors (Lipinski definition) is 1. The van der Waals surface area contributed by atoms with E-state index in [2.05, 4.69) is 0 Å². The van der Waals surface area contributed by atoms with Crippen molar-refractivity contribution in [1.82, 2.24) is 9.13 Å². The predicted molar refractivity (Wildman–Crippen MR) is 239 cm³/mol. The number of fused-ring (bicyclic) bond motifs is 9. The van der Waals surface area contributed by atoms with Gasteiger partial charge in [-0.05, 0) is 82.3 Å². The van der Waals surface area contributed by atoms with Gasteiger partial charge in [0.25, 0.3) is 0 Å². The molecular formula is C54H34N2O. The van der Waals surface area contributed by atoms with Crippen LogP contribution in [0.2, 0.25) is 0 Å². The van der Waals surface area contributed by atoms with E-state index >= 15 is 0 Å². The monoisotopic (exact) mass is 750 g/mol. The predicted octanol–water partition coefficient (Wildman–Crippen LogP) is 14.8. The highest BCUT2D eigenvalue weighted by atomic mass is 16.3. The zero-order chi connectivity index (χ0) is 58.3. The molecule has 3 aromatic heterocycles. The summed E-state index contributed by atoms with van der Waals surface area (Å²) in [4.78, 5) is 0. The van der Waals surface area contributed by atoms with E-state index in [9.17, 15) is 15.1 Å². The molecule has 9 aromatic carbocycles. The number of hydrogen-bond donors (Lipinski definition) is 0. The van der Waals surface area contributed by atoms with Gasteiger partial charge < -0.3 is 13.6 Å². The van der Waals surface area contributed by atoms with Gasteiger partial charge in [-0.2, -0.15) is 0 Å². The summed E-state index contributed by atoms with van der Waals surface area (Å²) in [5.41, 5.74) is -3.49. The quantitative estimate of drug-likeness (QED) is 0.172. The lowest BCUT2D eigenvalue weighted by Gasteiger charge is -2.11. The van der Waals surface area contributed by atoms with Gasteiger partial charge in [0, 0.05) is 55.3 Å². The van der Waals surface area contributed by atoms with Gasteiger partial charge in [-0.1, -0.05) is 145 Å². The zero-order valence-electron chi connectivity index (χ0n) is 53.1. The van der Waals surface area contributed by atoms with Crippen LogP contribution in [0.3, 0.4) is 0 Å². The Kier molecular flexibility index (Phi) is 3.55. The molecule has 0 saturated heterocycles. The fourth-order valence-corrected chi connectivity index (χ4v) is 7.36. The highest BCUT2D eigenvalue weighted by Crippen LogP contribution is 2.41. The second-order valence-electron chi connectivity index (χ2n) is 13.0. The number of nitrogens with zero attached hydrogens (tertiary/aromatic N) is 2. The minimum atomic E-state index is -0.874. The molecule has 0 unspecified atom stereocenters. The summed E-state index contributed by atoms with van der Waals surface area (Å²) in [5, 5.41) is -1.99. The van der Waals surface area contributed by atoms with Crippen molar-refractivity contribution in [2.75, 3.05) is 0 Å². The van der Waals surface area contributed by atoms with E-state index < -0.39 is 206 Å². The second kappa shape index (κ2) is 12.5. The van der Waals surface area contributed by atoms with Gasteiger partial charge in [0.15, 0.2) is 0 Å². The summed E-state index contributed by atoms with van der Waals surface area (Å²) in [7, 11) is 0. The number of furan rings is 1. The summed E-state index contributed by atoms with van der Waals surface area (Å²) in [6, 6.07) is -0.715. The normalized spacial score (nSPS) is 17.8. The van der Waals surface area contributed by atoms with Crippen LogP contribution in [-0.4, -0.2) is 9.13 Å². The van der Waals surface area contributed by atoms with Gasteiger partial charge >= 0.3 is 0 Å². The van der Waals surface area contributed by atoms with Crippen molar-refractivity contribution in [3.8, 4) is 44.8 Å². The molecule has 3 heteroatoms. The number of benzene rings is 9. The largest absolute Gasteiger partial charge is 0.455 e. The van der Waals surface area contributed by atoms with Crippen LogP contribution in [0, 0.1) is 0 Å². The third-order valence-electron chi connectivity index (χ3n) is 9.87. The van der Waals surface area contributed by atoms with E-state index in [0.29, 0.717) is 5.56 Å². The average molecular weight is 751 g/mol. The van der Waals surface area contributed by atoms with Crippen LogP contribution >= 0.6 is 0 Å². The van der Waals surface area contributed by atoms with Gasteiger partial charge in [-0.15, -0.1) is 0 Å². The molecule has 0 aliphatic carbocycles. The maximum Gasteiger partial charge on any atom is 0.143 e.